The molecule has 5 rings (SSSR count). The molecule has 0 saturated heterocycles. The van der Waals surface area contributed by atoms with Crippen LogP contribution in [0.25, 0.3) is 39.3 Å². The van der Waals surface area contributed by atoms with Crippen molar-refractivity contribution in [1.29, 1.82) is 0 Å². The van der Waals surface area contributed by atoms with E-state index in [0.29, 0.717) is 0 Å². The third-order valence-corrected chi connectivity index (χ3v) is 6.03. The fourth-order valence-electron chi connectivity index (χ4n) is 3.52. The molecule has 0 spiro atoms. The zero-order valence-electron chi connectivity index (χ0n) is 16.1. The number of hydrogen-bond acceptors (Lipinski definition) is 3. The lowest BCUT2D eigenvalue weighted by atomic mass is 10.0. The Morgan fingerprint density at radius 3 is 2.33 bits per heavy atom. The molecule has 30 heavy (non-hydrogen) atoms. The van der Waals surface area contributed by atoms with Crippen LogP contribution < -0.4 is 0 Å². The summed E-state index contributed by atoms with van der Waals surface area (Å²) in [7, 11) is 0. The molecule has 0 aliphatic rings. The number of halogens is 1. The number of pyridine rings is 1. The minimum Gasteiger partial charge on any atom is -0.299 e. The fourth-order valence-corrected chi connectivity index (χ4v) is 4.05. The Kier molecular flexibility index (Phi) is 4.61. The van der Waals surface area contributed by atoms with Crippen LogP contribution >= 0.6 is 0 Å². The van der Waals surface area contributed by atoms with E-state index in [0.717, 1.165) is 44.2 Å². The summed E-state index contributed by atoms with van der Waals surface area (Å²) in [5.41, 5.74) is 6.42. The molecule has 5 aromatic rings. The van der Waals surface area contributed by atoms with E-state index in [-0.39, 0.29) is 5.82 Å². The van der Waals surface area contributed by atoms with Crippen LogP contribution in [-0.2, 0) is 11.2 Å². The average Bonchev–Trinajstić information content (AvgIpc) is 3.41. The first-order chi connectivity index (χ1) is 14.6. The van der Waals surface area contributed by atoms with Crippen molar-refractivity contribution in [1.82, 2.24) is 19.6 Å². The van der Waals surface area contributed by atoms with E-state index in [1.54, 1.807) is 30.8 Å². The maximum absolute atomic E-state index is 13.3. The Morgan fingerprint density at radius 1 is 0.900 bits per heavy atom. The molecule has 7 heteroatoms. The maximum Gasteiger partial charge on any atom is 0.189 e. The Labute approximate surface area is 175 Å². The number of aromatic amines is 1. The van der Waals surface area contributed by atoms with Crippen molar-refractivity contribution in [3.05, 3.63) is 85.1 Å². The zero-order valence-corrected chi connectivity index (χ0v) is 16.9. The summed E-state index contributed by atoms with van der Waals surface area (Å²) in [5, 5.41) is 7.34. The smallest absolute Gasteiger partial charge is 0.189 e. The molecule has 0 radical (unpaired) electrons. The van der Waals surface area contributed by atoms with Crippen LogP contribution in [0.3, 0.4) is 0 Å². The zero-order chi connectivity index (χ0) is 20.7. The van der Waals surface area contributed by atoms with Crippen molar-refractivity contribution in [2.45, 2.75) is 4.90 Å². The largest absolute Gasteiger partial charge is 0.299 e. The first-order valence-corrected chi connectivity index (χ1v) is 10.9. The molecule has 5 nitrogen and oxygen atoms in total. The third kappa shape index (κ3) is 3.28. The van der Waals surface area contributed by atoms with Gasteiger partial charge in [-0.1, -0.05) is 0 Å². The monoisotopic (exact) mass is 417 g/mol. The van der Waals surface area contributed by atoms with Gasteiger partial charge in [-0.25, -0.2) is 9.37 Å². The van der Waals surface area contributed by atoms with Gasteiger partial charge in [-0.05, 0) is 60.7 Å². The minimum absolute atomic E-state index is 0.265. The van der Waals surface area contributed by atoms with Gasteiger partial charge in [0, 0.05) is 28.5 Å². The molecule has 0 aliphatic heterocycles. The number of fused-ring (bicyclic) bond motifs is 1. The summed E-state index contributed by atoms with van der Waals surface area (Å²) in [6.07, 6.45) is 7.38. The van der Waals surface area contributed by atoms with Crippen molar-refractivity contribution in [2.24, 2.45) is 0 Å². The number of hydrogen-bond donors (Lipinski definition) is 2. The van der Waals surface area contributed by atoms with Gasteiger partial charge in [0.15, 0.2) is 16.1 Å². The second-order valence-electron chi connectivity index (χ2n) is 6.96. The van der Waals surface area contributed by atoms with Gasteiger partial charge in [0.05, 0.1) is 23.8 Å². The Morgan fingerprint density at radius 2 is 1.60 bits per heavy atom. The molecular formula is C23H18FN4OS+. The van der Waals surface area contributed by atoms with E-state index in [9.17, 15) is 8.94 Å². The van der Waals surface area contributed by atoms with Gasteiger partial charge in [-0.2, -0.15) is 9.65 Å². The van der Waals surface area contributed by atoms with Gasteiger partial charge in [-0.15, -0.1) is 0 Å². The molecule has 0 fully saturated rings. The Hall–Kier alpha value is -3.42. The van der Waals surface area contributed by atoms with Gasteiger partial charge < -0.3 is 0 Å². The van der Waals surface area contributed by atoms with Crippen LogP contribution in [-0.4, -0.2) is 30.4 Å². The molecular weight excluding hydrogens is 399 g/mol. The molecule has 0 saturated carbocycles. The van der Waals surface area contributed by atoms with Crippen LogP contribution in [0.5, 0.6) is 0 Å². The first-order valence-electron chi connectivity index (χ1n) is 9.32. The highest BCUT2D eigenvalue weighted by Gasteiger charge is 2.15. The van der Waals surface area contributed by atoms with Gasteiger partial charge in [0.1, 0.15) is 17.7 Å². The highest BCUT2D eigenvalue weighted by Crippen LogP contribution is 2.32. The van der Waals surface area contributed by atoms with Gasteiger partial charge >= 0.3 is 0 Å². The highest BCUT2D eigenvalue weighted by atomic mass is 32.2. The predicted octanol–water partition coefficient (Wildman–Crippen LogP) is 5.28. The number of rotatable bonds is 4. The van der Waals surface area contributed by atoms with E-state index in [4.69, 9.17) is 0 Å². The van der Waals surface area contributed by atoms with E-state index in [1.165, 1.54) is 12.1 Å². The molecule has 0 amide bonds. The quantitative estimate of drug-likeness (QED) is 0.391. The highest BCUT2D eigenvalue weighted by molar-refractivity contribution is 7.90. The van der Waals surface area contributed by atoms with Crippen molar-refractivity contribution < 1.29 is 8.94 Å². The van der Waals surface area contributed by atoms with Crippen LogP contribution in [0.2, 0.25) is 0 Å². The summed E-state index contributed by atoms with van der Waals surface area (Å²) in [4.78, 5) is 5.36. The number of benzene rings is 2. The first kappa shape index (κ1) is 18.6. The molecule has 0 aliphatic carbocycles. The molecule has 1 unspecified atom stereocenters. The summed E-state index contributed by atoms with van der Waals surface area (Å²) in [6.45, 7) is 0. The summed E-state index contributed by atoms with van der Waals surface area (Å²) < 4.78 is 25.1. The van der Waals surface area contributed by atoms with Crippen molar-refractivity contribution in [2.75, 3.05) is 6.26 Å². The number of imidazole rings is 1. The minimum atomic E-state index is -0.769. The van der Waals surface area contributed by atoms with E-state index in [1.807, 2.05) is 47.0 Å². The molecule has 2 N–H and O–H groups in total. The van der Waals surface area contributed by atoms with Gasteiger partial charge in [-0.3, -0.25) is 9.50 Å². The molecule has 1 atom stereocenters. The predicted molar refractivity (Wildman–Crippen MR) is 118 cm³/mol. The molecule has 2 aromatic carbocycles. The number of nitrogens with one attached hydrogen (secondary N) is 1. The standard InChI is InChI=1S/C23H18FN4OS/c1-30(29)19-9-4-16(5-10-19)23-20(12-26-27-23)17-6-11-22-25-13-21(28(22)14-17)15-2-7-18(24)8-3-15/h2-14,29H,1H3,(H,26,27)/q+1. The van der Waals surface area contributed by atoms with Crippen LogP contribution in [0, 0.1) is 5.82 Å². The SMILES string of the molecule is C[S+](O)c1ccc(-c2[nH]ncc2-c2ccc3ncc(-c4ccc(F)cc4)n3c2)cc1. The average molecular weight is 417 g/mol. The van der Waals surface area contributed by atoms with Crippen LogP contribution in [0.4, 0.5) is 4.39 Å². The lowest BCUT2D eigenvalue weighted by Crippen LogP contribution is -1.96. The Balaban J connectivity index is 1.58. The van der Waals surface area contributed by atoms with E-state index < -0.39 is 11.2 Å². The second kappa shape index (κ2) is 7.44. The van der Waals surface area contributed by atoms with Crippen molar-refractivity contribution >= 4 is 16.8 Å². The maximum atomic E-state index is 13.3. The second-order valence-corrected chi connectivity index (χ2v) is 8.38. The number of nitrogens with zero attached hydrogens (tertiary/aromatic N) is 3. The summed E-state index contributed by atoms with van der Waals surface area (Å²) in [5.74, 6) is -0.265. The number of aromatic nitrogens is 4. The normalized spacial score (nSPS) is 12.4. The van der Waals surface area contributed by atoms with Gasteiger partial charge in [0.2, 0.25) is 0 Å². The van der Waals surface area contributed by atoms with Crippen LogP contribution in [0.1, 0.15) is 0 Å². The fraction of sp³-hybridized carbons (Fsp3) is 0.0435. The van der Waals surface area contributed by atoms with Crippen molar-refractivity contribution in [3.63, 3.8) is 0 Å². The summed E-state index contributed by atoms with van der Waals surface area (Å²) in [6, 6.07) is 18.2. The lowest BCUT2D eigenvalue weighted by Gasteiger charge is -2.07. The van der Waals surface area contributed by atoms with Crippen LogP contribution in [0.15, 0.2) is 84.1 Å². The van der Waals surface area contributed by atoms with E-state index in [2.05, 4.69) is 15.2 Å². The third-order valence-electron chi connectivity index (χ3n) is 5.08. The molecule has 3 aromatic heterocycles. The Bertz CT molecular complexity index is 1320. The number of H-pyrrole nitrogens is 1. The molecule has 3 heterocycles. The van der Waals surface area contributed by atoms with Gasteiger partial charge in [0.25, 0.3) is 0 Å². The van der Waals surface area contributed by atoms with E-state index >= 15 is 0 Å². The lowest BCUT2D eigenvalue weighted by molar-refractivity contribution is 0.628. The van der Waals surface area contributed by atoms with Crippen molar-refractivity contribution in [3.8, 4) is 33.6 Å². The molecule has 0 bridgehead atoms. The molecule has 148 valence electrons. The topological polar surface area (TPSA) is 66.2 Å². The summed E-state index contributed by atoms with van der Waals surface area (Å²) >= 11 is -0.769.